The summed E-state index contributed by atoms with van der Waals surface area (Å²) in [7, 11) is 0. The van der Waals surface area contributed by atoms with Gasteiger partial charge in [0, 0.05) is 22.9 Å². The molecular formula is C21H17FN6O. The highest BCUT2D eigenvalue weighted by molar-refractivity contribution is 6.03. The van der Waals surface area contributed by atoms with Crippen molar-refractivity contribution < 1.29 is 9.18 Å². The third-order valence-electron chi connectivity index (χ3n) is 4.84. The number of aromatic amines is 1. The van der Waals surface area contributed by atoms with Crippen LogP contribution in [0.3, 0.4) is 0 Å². The highest BCUT2D eigenvalue weighted by atomic mass is 19.1. The van der Waals surface area contributed by atoms with Gasteiger partial charge >= 0.3 is 0 Å². The number of hydrogen-bond donors (Lipinski definition) is 2. The molecule has 4 aromatic rings. The third kappa shape index (κ3) is 3.52. The smallest absolute Gasteiger partial charge is 0.274 e. The number of benzene rings is 2. The summed E-state index contributed by atoms with van der Waals surface area (Å²) in [5.41, 5.74) is 2.52. The lowest BCUT2D eigenvalue weighted by atomic mass is 10.2. The summed E-state index contributed by atoms with van der Waals surface area (Å²) in [6, 6.07) is 13.2. The number of imidazole rings is 1. The van der Waals surface area contributed by atoms with Crippen LogP contribution in [-0.4, -0.2) is 30.6 Å². The molecule has 1 aliphatic carbocycles. The molecule has 0 unspecified atom stereocenters. The van der Waals surface area contributed by atoms with E-state index in [1.54, 1.807) is 28.8 Å². The Morgan fingerprint density at radius 1 is 1.10 bits per heavy atom. The SMILES string of the molecule is O=C(Nc1ccc(-c2n[nH]c(C3CC3)n2)cc1)c1cncn1-c1ccc(F)cc1. The van der Waals surface area contributed by atoms with Crippen molar-refractivity contribution in [3.63, 3.8) is 0 Å². The predicted octanol–water partition coefficient (Wildman–Crippen LogP) is 3.93. The summed E-state index contributed by atoms with van der Waals surface area (Å²) < 4.78 is 14.8. The van der Waals surface area contributed by atoms with Crippen molar-refractivity contribution in [2.24, 2.45) is 0 Å². The molecule has 0 aliphatic heterocycles. The Hall–Kier alpha value is -3.81. The Bertz CT molecular complexity index is 1160. The van der Waals surface area contributed by atoms with Crippen LogP contribution in [-0.2, 0) is 0 Å². The van der Waals surface area contributed by atoms with E-state index in [0.29, 0.717) is 28.8 Å². The van der Waals surface area contributed by atoms with Gasteiger partial charge in [-0.2, -0.15) is 5.10 Å². The summed E-state index contributed by atoms with van der Waals surface area (Å²) in [6.07, 6.45) is 5.31. The summed E-state index contributed by atoms with van der Waals surface area (Å²) in [6.45, 7) is 0. The predicted molar refractivity (Wildman–Crippen MR) is 105 cm³/mol. The van der Waals surface area contributed by atoms with Gasteiger partial charge in [-0.05, 0) is 61.4 Å². The van der Waals surface area contributed by atoms with Crippen LogP contribution in [0.4, 0.5) is 10.1 Å². The first-order chi connectivity index (χ1) is 14.2. The van der Waals surface area contributed by atoms with Crippen molar-refractivity contribution in [1.29, 1.82) is 0 Å². The number of aromatic nitrogens is 5. The maximum atomic E-state index is 13.2. The minimum Gasteiger partial charge on any atom is -0.321 e. The number of hydrogen-bond acceptors (Lipinski definition) is 4. The van der Waals surface area contributed by atoms with Crippen LogP contribution in [0.15, 0.2) is 61.1 Å². The zero-order valence-electron chi connectivity index (χ0n) is 15.3. The van der Waals surface area contributed by atoms with Crippen LogP contribution < -0.4 is 5.32 Å². The number of carbonyl (C=O) groups excluding carboxylic acids is 1. The molecule has 29 heavy (non-hydrogen) atoms. The van der Waals surface area contributed by atoms with Crippen LogP contribution in [0, 0.1) is 5.82 Å². The molecule has 0 atom stereocenters. The molecule has 5 rings (SSSR count). The molecule has 2 heterocycles. The number of amides is 1. The summed E-state index contributed by atoms with van der Waals surface area (Å²) in [5.74, 6) is 1.45. The zero-order valence-corrected chi connectivity index (χ0v) is 15.3. The zero-order chi connectivity index (χ0) is 19.8. The number of halogens is 1. The van der Waals surface area contributed by atoms with Crippen molar-refractivity contribution in [3.05, 3.63) is 78.4 Å². The number of anilines is 1. The van der Waals surface area contributed by atoms with Gasteiger partial charge in [0.15, 0.2) is 5.82 Å². The second-order valence-corrected chi connectivity index (χ2v) is 6.98. The summed E-state index contributed by atoms with van der Waals surface area (Å²) in [4.78, 5) is 21.3. The molecule has 144 valence electrons. The van der Waals surface area contributed by atoms with Crippen molar-refractivity contribution in [2.45, 2.75) is 18.8 Å². The molecule has 1 aliphatic rings. The van der Waals surface area contributed by atoms with E-state index in [1.807, 2.05) is 12.1 Å². The molecule has 2 aromatic heterocycles. The highest BCUT2D eigenvalue weighted by Gasteiger charge is 2.27. The van der Waals surface area contributed by atoms with Gasteiger partial charge in [0.05, 0.1) is 12.5 Å². The number of nitrogens with zero attached hydrogens (tertiary/aromatic N) is 4. The maximum Gasteiger partial charge on any atom is 0.274 e. The van der Waals surface area contributed by atoms with E-state index < -0.39 is 0 Å². The van der Waals surface area contributed by atoms with Crippen molar-refractivity contribution in [2.75, 3.05) is 5.32 Å². The largest absolute Gasteiger partial charge is 0.321 e. The van der Waals surface area contributed by atoms with E-state index in [0.717, 1.165) is 24.2 Å². The molecule has 2 N–H and O–H groups in total. The molecule has 0 saturated heterocycles. The fourth-order valence-corrected chi connectivity index (χ4v) is 3.11. The molecule has 1 saturated carbocycles. The van der Waals surface area contributed by atoms with Gasteiger partial charge in [-0.15, -0.1) is 0 Å². The molecule has 1 fully saturated rings. The van der Waals surface area contributed by atoms with Crippen LogP contribution in [0.25, 0.3) is 17.1 Å². The summed E-state index contributed by atoms with van der Waals surface area (Å²) >= 11 is 0. The lowest BCUT2D eigenvalue weighted by molar-refractivity contribution is 0.102. The highest BCUT2D eigenvalue weighted by Crippen LogP contribution is 2.38. The lowest BCUT2D eigenvalue weighted by Crippen LogP contribution is -2.16. The van der Waals surface area contributed by atoms with E-state index >= 15 is 0 Å². The molecule has 0 radical (unpaired) electrons. The van der Waals surface area contributed by atoms with Gasteiger partial charge in [-0.1, -0.05) is 0 Å². The molecular weight excluding hydrogens is 371 g/mol. The van der Waals surface area contributed by atoms with Crippen LogP contribution in [0.5, 0.6) is 0 Å². The molecule has 8 heteroatoms. The van der Waals surface area contributed by atoms with Crippen LogP contribution in [0.1, 0.15) is 35.1 Å². The second-order valence-electron chi connectivity index (χ2n) is 6.98. The lowest BCUT2D eigenvalue weighted by Gasteiger charge is -2.09. The number of H-pyrrole nitrogens is 1. The van der Waals surface area contributed by atoms with E-state index in [4.69, 9.17) is 0 Å². The Kier molecular flexibility index (Phi) is 4.16. The van der Waals surface area contributed by atoms with E-state index in [1.165, 1.54) is 24.7 Å². The molecule has 0 spiro atoms. The Balaban J connectivity index is 1.32. The van der Waals surface area contributed by atoms with Crippen molar-refractivity contribution >= 4 is 11.6 Å². The Morgan fingerprint density at radius 3 is 2.59 bits per heavy atom. The fraction of sp³-hybridized carbons (Fsp3) is 0.143. The topological polar surface area (TPSA) is 88.5 Å². The van der Waals surface area contributed by atoms with Gasteiger partial charge in [-0.3, -0.25) is 14.5 Å². The first-order valence-corrected chi connectivity index (χ1v) is 9.30. The van der Waals surface area contributed by atoms with Gasteiger partial charge in [0.1, 0.15) is 17.3 Å². The van der Waals surface area contributed by atoms with E-state index in [-0.39, 0.29) is 11.7 Å². The normalized spacial score (nSPS) is 13.4. The quantitative estimate of drug-likeness (QED) is 0.542. The average Bonchev–Trinajstić information content (AvgIpc) is 3.26. The standard InChI is InChI=1S/C21H17FN6O/c22-15-5-9-17(10-6-15)28-12-23-11-18(28)21(29)24-16-7-3-14(4-8-16)20-25-19(26-27-20)13-1-2-13/h3-13H,1-2H2,(H,24,29)(H,25,26,27). The van der Waals surface area contributed by atoms with E-state index in [9.17, 15) is 9.18 Å². The van der Waals surface area contributed by atoms with Crippen LogP contribution in [0.2, 0.25) is 0 Å². The van der Waals surface area contributed by atoms with Crippen LogP contribution >= 0.6 is 0 Å². The Labute approximate surface area is 165 Å². The monoisotopic (exact) mass is 388 g/mol. The second kappa shape index (κ2) is 6.97. The van der Waals surface area contributed by atoms with Gasteiger partial charge in [0.2, 0.25) is 0 Å². The number of carbonyl (C=O) groups is 1. The van der Waals surface area contributed by atoms with Crippen molar-refractivity contribution in [1.82, 2.24) is 24.7 Å². The van der Waals surface area contributed by atoms with Gasteiger partial charge in [0.25, 0.3) is 5.91 Å². The first kappa shape index (κ1) is 17.3. The fourth-order valence-electron chi connectivity index (χ4n) is 3.11. The number of nitrogens with one attached hydrogen (secondary N) is 2. The summed E-state index contributed by atoms with van der Waals surface area (Å²) in [5, 5.41) is 10.1. The van der Waals surface area contributed by atoms with Gasteiger partial charge in [-0.25, -0.2) is 14.4 Å². The van der Waals surface area contributed by atoms with Gasteiger partial charge < -0.3 is 5.32 Å². The van der Waals surface area contributed by atoms with Crippen molar-refractivity contribution in [3.8, 4) is 17.1 Å². The van der Waals surface area contributed by atoms with E-state index in [2.05, 4.69) is 25.5 Å². The molecule has 7 nitrogen and oxygen atoms in total. The molecule has 1 amide bonds. The minimum absolute atomic E-state index is 0.312. The molecule has 2 aromatic carbocycles. The maximum absolute atomic E-state index is 13.2. The average molecular weight is 388 g/mol. The minimum atomic E-state index is -0.337. The Morgan fingerprint density at radius 2 is 1.86 bits per heavy atom. The number of rotatable bonds is 5. The first-order valence-electron chi connectivity index (χ1n) is 9.30. The third-order valence-corrected chi connectivity index (χ3v) is 4.84. The molecule has 0 bridgehead atoms.